The number of fused-ring (bicyclic) bond motifs is 1. The molecule has 0 bridgehead atoms. The minimum absolute atomic E-state index is 0.269. The van der Waals surface area contributed by atoms with Crippen LogP contribution in [-0.4, -0.2) is 16.7 Å². The number of benzene rings is 2. The Kier molecular flexibility index (Phi) is 4.80. The van der Waals surface area contributed by atoms with Gasteiger partial charge in [-0.25, -0.2) is 4.39 Å². The second-order valence-electron chi connectivity index (χ2n) is 5.04. The summed E-state index contributed by atoms with van der Waals surface area (Å²) in [6.07, 6.45) is 1.54. The Morgan fingerprint density at radius 2 is 2.04 bits per heavy atom. The SMILES string of the molecule is OCC(Nc1c(Cl)cnc2ccc(Br)cc12)c1ccccc1F. The van der Waals surface area contributed by atoms with Gasteiger partial charge >= 0.3 is 0 Å². The molecule has 0 fully saturated rings. The van der Waals surface area contributed by atoms with E-state index in [4.69, 9.17) is 11.6 Å². The van der Waals surface area contributed by atoms with Gasteiger partial charge in [0.1, 0.15) is 5.82 Å². The maximum absolute atomic E-state index is 14.0. The van der Waals surface area contributed by atoms with Crippen molar-refractivity contribution in [2.75, 3.05) is 11.9 Å². The van der Waals surface area contributed by atoms with Gasteiger partial charge in [-0.15, -0.1) is 0 Å². The molecule has 1 heterocycles. The smallest absolute Gasteiger partial charge is 0.128 e. The molecule has 0 aliphatic carbocycles. The highest BCUT2D eigenvalue weighted by Crippen LogP contribution is 2.34. The highest BCUT2D eigenvalue weighted by atomic mass is 79.9. The van der Waals surface area contributed by atoms with E-state index in [0.29, 0.717) is 16.3 Å². The van der Waals surface area contributed by atoms with E-state index in [1.165, 1.54) is 12.3 Å². The summed E-state index contributed by atoms with van der Waals surface area (Å²) in [6, 6.07) is 11.3. The van der Waals surface area contributed by atoms with Gasteiger partial charge in [0.15, 0.2) is 0 Å². The lowest BCUT2D eigenvalue weighted by Gasteiger charge is -2.20. The molecule has 0 radical (unpaired) electrons. The standard InChI is InChI=1S/C17H13BrClFN2O/c18-10-5-6-15-12(7-10)17(13(19)8-21-15)22-16(9-23)11-3-1-2-4-14(11)20/h1-8,16,23H,9H2,(H,21,22). The van der Waals surface area contributed by atoms with Gasteiger partial charge in [-0.2, -0.15) is 0 Å². The summed E-state index contributed by atoms with van der Waals surface area (Å²) in [7, 11) is 0. The van der Waals surface area contributed by atoms with Crippen LogP contribution in [-0.2, 0) is 0 Å². The molecule has 3 rings (SSSR count). The van der Waals surface area contributed by atoms with Gasteiger partial charge in [0, 0.05) is 21.6 Å². The molecule has 2 aromatic carbocycles. The minimum atomic E-state index is -0.613. The van der Waals surface area contributed by atoms with E-state index in [1.807, 2.05) is 18.2 Å². The maximum Gasteiger partial charge on any atom is 0.128 e. The quantitative estimate of drug-likeness (QED) is 0.658. The fourth-order valence-electron chi connectivity index (χ4n) is 2.44. The zero-order chi connectivity index (χ0) is 16.4. The molecule has 3 nitrogen and oxygen atoms in total. The molecular formula is C17H13BrClFN2O. The minimum Gasteiger partial charge on any atom is -0.394 e. The highest BCUT2D eigenvalue weighted by molar-refractivity contribution is 9.10. The van der Waals surface area contributed by atoms with Crippen molar-refractivity contribution in [3.8, 4) is 0 Å². The number of aromatic nitrogens is 1. The fraction of sp³-hybridized carbons (Fsp3) is 0.118. The summed E-state index contributed by atoms with van der Waals surface area (Å²) >= 11 is 9.69. The summed E-state index contributed by atoms with van der Waals surface area (Å²) in [5, 5.41) is 14.0. The van der Waals surface area contributed by atoms with Gasteiger partial charge in [0.05, 0.1) is 28.9 Å². The Morgan fingerprint density at radius 1 is 1.26 bits per heavy atom. The summed E-state index contributed by atoms with van der Waals surface area (Å²) in [5.41, 5.74) is 1.75. The molecule has 1 aromatic heterocycles. The Labute approximate surface area is 146 Å². The number of halogens is 3. The van der Waals surface area contributed by atoms with Crippen molar-refractivity contribution in [3.63, 3.8) is 0 Å². The van der Waals surface area contributed by atoms with E-state index in [2.05, 4.69) is 26.2 Å². The second-order valence-corrected chi connectivity index (χ2v) is 6.37. The predicted octanol–water partition coefficient (Wildman–Crippen LogP) is 4.94. The Balaban J connectivity index is 2.08. The second kappa shape index (κ2) is 6.83. The van der Waals surface area contributed by atoms with Crippen LogP contribution in [0.5, 0.6) is 0 Å². The molecule has 118 valence electrons. The largest absolute Gasteiger partial charge is 0.394 e. The van der Waals surface area contributed by atoms with Crippen LogP contribution in [0.3, 0.4) is 0 Å². The Morgan fingerprint density at radius 3 is 2.78 bits per heavy atom. The lowest BCUT2D eigenvalue weighted by molar-refractivity contribution is 0.274. The molecule has 0 aliphatic heterocycles. The Bertz CT molecular complexity index is 854. The molecule has 0 spiro atoms. The van der Waals surface area contributed by atoms with Crippen molar-refractivity contribution in [3.05, 3.63) is 69.5 Å². The van der Waals surface area contributed by atoms with E-state index >= 15 is 0 Å². The number of aliphatic hydroxyl groups excluding tert-OH is 1. The summed E-state index contributed by atoms with van der Waals surface area (Å²) in [5.74, 6) is -0.380. The van der Waals surface area contributed by atoms with Gasteiger partial charge in [-0.05, 0) is 24.3 Å². The molecule has 23 heavy (non-hydrogen) atoms. The molecule has 2 N–H and O–H groups in total. The number of anilines is 1. The summed E-state index contributed by atoms with van der Waals surface area (Å²) in [4.78, 5) is 4.28. The predicted molar refractivity (Wildman–Crippen MR) is 94.3 cm³/mol. The Hall–Kier alpha value is -1.69. The number of aliphatic hydroxyl groups is 1. The van der Waals surface area contributed by atoms with E-state index in [-0.39, 0.29) is 12.4 Å². The molecule has 6 heteroatoms. The number of rotatable bonds is 4. The number of pyridine rings is 1. The molecule has 0 saturated heterocycles. The summed E-state index contributed by atoms with van der Waals surface area (Å²) < 4.78 is 14.9. The number of nitrogens with zero attached hydrogens (tertiary/aromatic N) is 1. The molecule has 0 saturated carbocycles. The third-order valence-corrected chi connectivity index (χ3v) is 4.35. The first-order chi connectivity index (χ1) is 11.1. The number of hydrogen-bond acceptors (Lipinski definition) is 3. The lowest BCUT2D eigenvalue weighted by Crippen LogP contribution is -2.17. The zero-order valence-corrected chi connectivity index (χ0v) is 14.3. The third kappa shape index (κ3) is 3.32. The average molecular weight is 396 g/mol. The zero-order valence-electron chi connectivity index (χ0n) is 11.9. The lowest BCUT2D eigenvalue weighted by atomic mass is 10.1. The topological polar surface area (TPSA) is 45.1 Å². The van der Waals surface area contributed by atoms with Gasteiger partial charge in [-0.3, -0.25) is 4.98 Å². The van der Waals surface area contributed by atoms with Gasteiger partial charge < -0.3 is 10.4 Å². The maximum atomic E-state index is 14.0. The van der Waals surface area contributed by atoms with E-state index in [9.17, 15) is 9.50 Å². The van der Waals surface area contributed by atoms with Crippen LogP contribution >= 0.6 is 27.5 Å². The molecule has 1 atom stereocenters. The van der Waals surface area contributed by atoms with Crippen LogP contribution in [0.25, 0.3) is 10.9 Å². The van der Waals surface area contributed by atoms with Gasteiger partial charge in [0.25, 0.3) is 0 Å². The average Bonchev–Trinajstić information content (AvgIpc) is 2.55. The van der Waals surface area contributed by atoms with Gasteiger partial charge in [-0.1, -0.05) is 45.7 Å². The van der Waals surface area contributed by atoms with Crippen LogP contribution in [0.4, 0.5) is 10.1 Å². The van der Waals surface area contributed by atoms with Crippen LogP contribution in [0.1, 0.15) is 11.6 Å². The van der Waals surface area contributed by atoms with Gasteiger partial charge in [0.2, 0.25) is 0 Å². The molecule has 0 aliphatic rings. The van der Waals surface area contributed by atoms with E-state index in [1.54, 1.807) is 18.2 Å². The van der Waals surface area contributed by atoms with Crippen LogP contribution in [0, 0.1) is 5.82 Å². The van der Waals surface area contributed by atoms with Crippen molar-refractivity contribution in [2.45, 2.75) is 6.04 Å². The normalized spacial score (nSPS) is 12.3. The number of hydrogen-bond donors (Lipinski definition) is 2. The molecule has 0 amide bonds. The van der Waals surface area contributed by atoms with Crippen molar-refractivity contribution in [2.24, 2.45) is 0 Å². The molecule has 3 aromatic rings. The highest BCUT2D eigenvalue weighted by Gasteiger charge is 2.17. The van der Waals surface area contributed by atoms with Crippen LogP contribution in [0.2, 0.25) is 5.02 Å². The van der Waals surface area contributed by atoms with Crippen molar-refractivity contribution in [1.29, 1.82) is 0 Å². The van der Waals surface area contributed by atoms with Crippen molar-refractivity contribution in [1.82, 2.24) is 4.98 Å². The summed E-state index contributed by atoms with van der Waals surface area (Å²) in [6.45, 7) is -0.269. The van der Waals surface area contributed by atoms with Crippen LogP contribution in [0.15, 0.2) is 53.1 Å². The van der Waals surface area contributed by atoms with E-state index < -0.39 is 6.04 Å². The van der Waals surface area contributed by atoms with Crippen molar-refractivity contribution < 1.29 is 9.50 Å². The van der Waals surface area contributed by atoms with Crippen molar-refractivity contribution >= 4 is 44.1 Å². The van der Waals surface area contributed by atoms with Crippen LogP contribution < -0.4 is 5.32 Å². The molecule has 1 unspecified atom stereocenters. The molecular weight excluding hydrogens is 383 g/mol. The number of nitrogens with one attached hydrogen (secondary N) is 1. The van der Waals surface area contributed by atoms with E-state index in [0.717, 1.165) is 15.4 Å². The third-order valence-electron chi connectivity index (χ3n) is 3.57. The first-order valence-corrected chi connectivity index (χ1v) is 8.13. The fourth-order valence-corrected chi connectivity index (χ4v) is 3.01. The first-order valence-electron chi connectivity index (χ1n) is 6.95. The first kappa shape index (κ1) is 16.2. The monoisotopic (exact) mass is 394 g/mol.